The fraction of sp³-hybridized carbons (Fsp3) is 0.217. The summed E-state index contributed by atoms with van der Waals surface area (Å²) in [7, 11) is 1.13. The van der Waals surface area contributed by atoms with Crippen LogP contribution >= 0.6 is 0 Å². The summed E-state index contributed by atoms with van der Waals surface area (Å²) in [4.78, 5) is 50.3. The average Bonchev–Trinajstić information content (AvgIpc) is 2.81. The molecule has 162 valence electrons. The van der Waals surface area contributed by atoms with E-state index in [9.17, 15) is 19.2 Å². The number of hydrogen-bond acceptors (Lipinski definition) is 6. The summed E-state index contributed by atoms with van der Waals surface area (Å²) in [5.74, 6) is -0.247. The molecule has 0 spiro atoms. The number of aldehydes is 1. The highest BCUT2D eigenvalue weighted by Crippen LogP contribution is 2.15. The van der Waals surface area contributed by atoms with E-state index >= 15 is 0 Å². The molecular weight excluding hydrogens is 400 g/mol. The van der Waals surface area contributed by atoms with E-state index in [4.69, 9.17) is 4.74 Å². The monoisotopic (exact) mass is 424 g/mol. The van der Waals surface area contributed by atoms with Crippen LogP contribution in [0.3, 0.4) is 0 Å². The minimum absolute atomic E-state index is 0.00635. The zero-order chi connectivity index (χ0) is 22.8. The molecule has 0 saturated heterocycles. The van der Waals surface area contributed by atoms with E-state index in [1.807, 2.05) is 44.2 Å². The van der Waals surface area contributed by atoms with E-state index in [2.05, 4.69) is 9.72 Å². The first-order valence-corrected chi connectivity index (χ1v) is 9.71. The number of aromatic nitrogens is 2. The number of nitrogens with zero attached hydrogens (tertiary/aromatic N) is 1. The number of ether oxygens (including phenoxy) is 2. The van der Waals surface area contributed by atoms with Crippen molar-refractivity contribution in [1.82, 2.24) is 9.55 Å². The summed E-state index contributed by atoms with van der Waals surface area (Å²) in [6.07, 6.45) is -0.191. The first-order valence-electron chi connectivity index (χ1n) is 9.71. The van der Waals surface area contributed by atoms with Gasteiger partial charge in [-0.25, -0.2) is 9.59 Å². The van der Waals surface area contributed by atoms with Crippen molar-refractivity contribution in [3.05, 3.63) is 97.7 Å². The molecule has 0 unspecified atom stereocenters. The molecule has 0 aliphatic carbocycles. The average molecular weight is 424 g/mol. The summed E-state index contributed by atoms with van der Waals surface area (Å²) < 4.78 is 10.5. The number of aromatic amines is 1. The highest BCUT2D eigenvalue weighted by Gasteiger charge is 2.19. The van der Waals surface area contributed by atoms with Crippen LogP contribution in [0, 0.1) is 0 Å². The molecule has 0 saturated carbocycles. The first-order chi connectivity index (χ1) is 15.0. The van der Waals surface area contributed by atoms with Crippen molar-refractivity contribution >= 4 is 12.4 Å². The standard InChI is InChI=1S/C21H18N2O6.C2H6/c1-28-21(27)29-18-17(11-14-5-3-2-4-6-14)19(25)23(20(26)22-18)12-15-7-9-16(13-24)10-8-15;1-2/h2-10,13H,11-12H2,1H3,(H,22,26);1-2H3. The SMILES string of the molecule is CC.COC(=O)Oc1[nH]c(=O)n(Cc2ccc(C=O)cc2)c(=O)c1Cc1ccccc1. The number of benzene rings is 2. The number of rotatable bonds is 6. The van der Waals surface area contributed by atoms with E-state index in [0.717, 1.165) is 17.2 Å². The Morgan fingerprint density at radius 1 is 1.00 bits per heavy atom. The predicted octanol–water partition coefficient (Wildman–Crippen LogP) is 3.16. The van der Waals surface area contributed by atoms with Gasteiger partial charge < -0.3 is 9.47 Å². The van der Waals surface area contributed by atoms with Crippen LogP contribution < -0.4 is 16.0 Å². The van der Waals surface area contributed by atoms with Crippen LogP contribution in [-0.2, 0) is 17.7 Å². The second-order valence-corrected chi connectivity index (χ2v) is 6.21. The Morgan fingerprint density at radius 3 is 2.23 bits per heavy atom. The van der Waals surface area contributed by atoms with Crippen molar-refractivity contribution in [3.63, 3.8) is 0 Å². The Hall–Kier alpha value is -3.94. The Labute approximate surface area is 179 Å². The fourth-order valence-corrected chi connectivity index (χ4v) is 2.79. The Kier molecular flexibility index (Phi) is 8.51. The van der Waals surface area contributed by atoms with Gasteiger partial charge in [0.2, 0.25) is 5.88 Å². The lowest BCUT2D eigenvalue weighted by Crippen LogP contribution is -2.38. The van der Waals surface area contributed by atoms with Crippen LogP contribution in [0.1, 0.15) is 40.9 Å². The number of carbonyl (C=O) groups excluding carboxylic acids is 2. The molecule has 8 heteroatoms. The molecule has 0 atom stereocenters. The zero-order valence-corrected chi connectivity index (χ0v) is 17.6. The van der Waals surface area contributed by atoms with Gasteiger partial charge in [-0.2, -0.15) is 0 Å². The highest BCUT2D eigenvalue weighted by atomic mass is 16.7. The van der Waals surface area contributed by atoms with Crippen LogP contribution in [-0.4, -0.2) is 29.1 Å². The lowest BCUT2D eigenvalue weighted by molar-refractivity contribution is 0.112. The first kappa shape index (κ1) is 23.3. The maximum absolute atomic E-state index is 13.1. The lowest BCUT2D eigenvalue weighted by Gasteiger charge is -2.12. The van der Waals surface area contributed by atoms with Crippen molar-refractivity contribution < 1.29 is 19.1 Å². The normalized spacial score (nSPS) is 9.90. The van der Waals surface area contributed by atoms with Crippen LogP contribution in [0.25, 0.3) is 0 Å². The Morgan fingerprint density at radius 2 is 1.65 bits per heavy atom. The maximum Gasteiger partial charge on any atom is 0.514 e. The molecule has 3 rings (SSSR count). The van der Waals surface area contributed by atoms with E-state index in [1.165, 1.54) is 0 Å². The van der Waals surface area contributed by atoms with Gasteiger partial charge in [0.15, 0.2) is 0 Å². The molecule has 31 heavy (non-hydrogen) atoms. The topological polar surface area (TPSA) is 107 Å². The number of carbonyl (C=O) groups is 2. The van der Waals surface area contributed by atoms with E-state index < -0.39 is 17.4 Å². The number of hydrogen-bond donors (Lipinski definition) is 1. The summed E-state index contributed by atoms with van der Waals surface area (Å²) in [5.41, 5.74) is 0.747. The zero-order valence-electron chi connectivity index (χ0n) is 17.6. The molecule has 0 aliphatic heterocycles. The van der Waals surface area contributed by atoms with E-state index in [1.54, 1.807) is 24.3 Å². The van der Waals surface area contributed by atoms with Gasteiger partial charge in [-0.15, -0.1) is 0 Å². The number of nitrogens with one attached hydrogen (secondary N) is 1. The molecular formula is C23H24N2O6. The van der Waals surface area contributed by atoms with Gasteiger partial charge in [0.05, 0.1) is 19.2 Å². The third kappa shape index (κ3) is 6.02. The molecule has 1 aromatic heterocycles. The van der Waals surface area contributed by atoms with Crippen LogP contribution in [0.5, 0.6) is 5.88 Å². The highest BCUT2D eigenvalue weighted by molar-refractivity contribution is 5.74. The second kappa shape index (κ2) is 11.3. The molecule has 8 nitrogen and oxygen atoms in total. The van der Waals surface area contributed by atoms with Crippen molar-refractivity contribution in [2.75, 3.05) is 7.11 Å². The van der Waals surface area contributed by atoms with Crippen LogP contribution in [0.15, 0.2) is 64.2 Å². The quantitative estimate of drug-likeness (QED) is 0.481. The van der Waals surface area contributed by atoms with Gasteiger partial charge in [0.1, 0.15) is 6.29 Å². The predicted molar refractivity (Wildman–Crippen MR) is 116 cm³/mol. The minimum Gasteiger partial charge on any atom is -0.437 e. The van der Waals surface area contributed by atoms with Crippen LogP contribution in [0.2, 0.25) is 0 Å². The maximum atomic E-state index is 13.1. The number of H-pyrrole nitrogens is 1. The van der Waals surface area contributed by atoms with Crippen molar-refractivity contribution in [3.8, 4) is 5.88 Å². The van der Waals surface area contributed by atoms with Gasteiger partial charge in [-0.3, -0.25) is 19.1 Å². The molecule has 3 aromatic rings. The van der Waals surface area contributed by atoms with Crippen molar-refractivity contribution in [2.45, 2.75) is 26.8 Å². The third-order valence-corrected chi connectivity index (χ3v) is 4.28. The minimum atomic E-state index is -1.04. The van der Waals surface area contributed by atoms with Gasteiger partial charge in [-0.1, -0.05) is 68.4 Å². The molecule has 0 aliphatic rings. The van der Waals surface area contributed by atoms with Gasteiger partial charge in [0, 0.05) is 12.0 Å². The molecule has 0 bridgehead atoms. The summed E-state index contributed by atoms with van der Waals surface area (Å²) in [6.45, 7) is 3.99. The Bertz CT molecular complexity index is 1130. The summed E-state index contributed by atoms with van der Waals surface area (Å²) in [5, 5.41) is 0. The third-order valence-electron chi connectivity index (χ3n) is 4.28. The second-order valence-electron chi connectivity index (χ2n) is 6.21. The van der Waals surface area contributed by atoms with E-state index in [-0.39, 0.29) is 24.4 Å². The summed E-state index contributed by atoms with van der Waals surface area (Å²) >= 11 is 0. The van der Waals surface area contributed by atoms with Crippen LogP contribution in [0.4, 0.5) is 4.79 Å². The van der Waals surface area contributed by atoms with E-state index in [0.29, 0.717) is 17.4 Å². The molecule has 1 N–H and O–H groups in total. The van der Waals surface area contributed by atoms with Crippen molar-refractivity contribution in [1.29, 1.82) is 0 Å². The summed E-state index contributed by atoms with van der Waals surface area (Å²) in [6, 6.07) is 15.6. The molecule has 1 heterocycles. The fourth-order valence-electron chi connectivity index (χ4n) is 2.79. The van der Waals surface area contributed by atoms with Gasteiger partial charge in [0.25, 0.3) is 5.56 Å². The largest absolute Gasteiger partial charge is 0.514 e. The van der Waals surface area contributed by atoms with Gasteiger partial charge >= 0.3 is 11.8 Å². The molecule has 2 aromatic carbocycles. The molecule has 0 radical (unpaired) electrons. The lowest BCUT2D eigenvalue weighted by atomic mass is 10.1. The van der Waals surface area contributed by atoms with Crippen molar-refractivity contribution in [2.24, 2.45) is 0 Å². The molecule has 0 fully saturated rings. The molecule has 0 amide bonds. The smallest absolute Gasteiger partial charge is 0.437 e. The number of methoxy groups -OCH3 is 1. The Balaban J connectivity index is 0.00000166. The van der Waals surface area contributed by atoms with Gasteiger partial charge in [-0.05, 0) is 11.1 Å².